The van der Waals surface area contributed by atoms with Crippen molar-refractivity contribution in [2.75, 3.05) is 12.4 Å². The van der Waals surface area contributed by atoms with Crippen molar-refractivity contribution in [3.05, 3.63) is 58.6 Å². The van der Waals surface area contributed by atoms with E-state index < -0.39 is 11.9 Å². The highest BCUT2D eigenvalue weighted by Crippen LogP contribution is 2.57. The van der Waals surface area contributed by atoms with Crippen LogP contribution in [-0.4, -0.2) is 34.3 Å². The molecular weight excluding hydrogens is 358 g/mol. The van der Waals surface area contributed by atoms with Crippen molar-refractivity contribution in [1.82, 2.24) is 9.55 Å². The fourth-order valence-electron chi connectivity index (χ4n) is 4.81. The summed E-state index contributed by atoms with van der Waals surface area (Å²) in [4.78, 5) is 29.0. The summed E-state index contributed by atoms with van der Waals surface area (Å²) in [5, 5.41) is 2.67. The molecule has 1 aliphatic heterocycles. The van der Waals surface area contributed by atoms with E-state index in [1.165, 1.54) is 4.57 Å². The van der Waals surface area contributed by atoms with E-state index in [2.05, 4.69) is 24.1 Å². The van der Waals surface area contributed by atoms with Crippen LogP contribution in [0.4, 0.5) is 5.82 Å². The molecule has 2 aliphatic rings. The maximum Gasteiger partial charge on any atom is 0.351 e. The molecule has 2 aromatic rings. The molecule has 28 heavy (non-hydrogen) atoms. The van der Waals surface area contributed by atoms with Crippen molar-refractivity contribution in [2.24, 2.45) is 11.8 Å². The van der Waals surface area contributed by atoms with Crippen LogP contribution in [-0.2, 0) is 9.47 Å². The van der Waals surface area contributed by atoms with E-state index in [-0.39, 0.29) is 29.3 Å². The second kappa shape index (κ2) is 7.14. The van der Waals surface area contributed by atoms with Gasteiger partial charge in [0.05, 0.1) is 11.7 Å². The standard InChI is InChI=1S/C21H25N3O4/c1-4-21-12-13(2)16(17(21)27-3)19(28-21)24-11-10-15(23-20(24)26)22-18(25)14-8-6-5-7-9-14/h5-11,13,16-17,19H,4,12H2,1-3H3,(H,22,23,25,26)/t13-,16-,17-,19+,21-/m0/s1. The summed E-state index contributed by atoms with van der Waals surface area (Å²) in [6.07, 6.45) is 2.95. The molecule has 0 unspecified atom stereocenters. The quantitative estimate of drug-likeness (QED) is 0.858. The largest absolute Gasteiger partial charge is 0.378 e. The zero-order valence-electron chi connectivity index (χ0n) is 16.3. The third-order valence-electron chi connectivity index (χ3n) is 6.11. The summed E-state index contributed by atoms with van der Waals surface area (Å²) < 4.78 is 13.6. The van der Waals surface area contributed by atoms with Crippen molar-refractivity contribution in [3.8, 4) is 0 Å². The average molecular weight is 383 g/mol. The molecule has 1 saturated heterocycles. The van der Waals surface area contributed by atoms with Crippen LogP contribution in [0, 0.1) is 11.8 Å². The van der Waals surface area contributed by atoms with Crippen molar-refractivity contribution in [3.63, 3.8) is 0 Å². The minimum atomic E-state index is -0.447. The molecule has 1 N–H and O–H groups in total. The molecule has 1 aliphatic carbocycles. The summed E-state index contributed by atoms with van der Waals surface area (Å²) in [6, 6.07) is 10.4. The van der Waals surface area contributed by atoms with Crippen LogP contribution >= 0.6 is 0 Å². The Hall–Kier alpha value is -2.51. The van der Waals surface area contributed by atoms with Gasteiger partial charge in [0.2, 0.25) is 0 Å². The molecule has 7 heteroatoms. The first-order valence-electron chi connectivity index (χ1n) is 9.65. The number of amides is 1. The molecule has 7 nitrogen and oxygen atoms in total. The summed E-state index contributed by atoms with van der Waals surface area (Å²) in [6.45, 7) is 4.27. The number of nitrogens with zero attached hydrogens (tertiary/aromatic N) is 2. The molecule has 4 rings (SSSR count). The van der Waals surface area contributed by atoms with Gasteiger partial charge in [-0.1, -0.05) is 32.0 Å². The molecule has 0 spiro atoms. The Balaban J connectivity index is 1.58. The van der Waals surface area contributed by atoms with Gasteiger partial charge >= 0.3 is 5.69 Å². The van der Waals surface area contributed by atoms with Gasteiger partial charge in [-0.25, -0.2) is 4.79 Å². The van der Waals surface area contributed by atoms with Crippen LogP contribution in [0.15, 0.2) is 47.4 Å². The molecule has 2 heterocycles. The van der Waals surface area contributed by atoms with Gasteiger partial charge in [-0.3, -0.25) is 9.36 Å². The molecule has 0 radical (unpaired) electrons. The molecular formula is C21H25N3O4. The second-order valence-corrected chi connectivity index (χ2v) is 7.66. The van der Waals surface area contributed by atoms with Gasteiger partial charge in [-0.05, 0) is 37.0 Å². The summed E-state index contributed by atoms with van der Waals surface area (Å²) in [5.41, 5.74) is -0.299. The number of carbonyl (C=O) groups excluding carboxylic acids is 1. The van der Waals surface area contributed by atoms with Crippen molar-refractivity contribution >= 4 is 11.7 Å². The summed E-state index contributed by atoms with van der Waals surface area (Å²) in [7, 11) is 1.70. The van der Waals surface area contributed by atoms with E-state index in [9.17, 15) is 9.59 Å². The first-order valence-corrected chi connectivity index (χ1v) is 9.65. The second-order valence-electron chi connectivity index (χ2n) is 7.66. The third kappa shape index (κ3) is 2.95. The SMILES string of the molecule is CC[C@@]12C[C@H](C)[C@H]([C@H](n3ccc(NC(=O)c4ccccc4)nc3=O)O1)[C@@H]2OC. The Kier molecular flexibility index (Phi) is 4.81. The fourth-order valence-corrected chi connectivity index (χ4v) is 4.81. The van der Waals surface area contributed by atoms with Gasteiger partial charge in [0.15, 0.2) is 0 Å². The molecule has 1 aromatic heterocycles. The Bertz CT molecular complexity index is 929. The van der Waals surface area contributed by atoms with Gasteiger partial charge in [-0.15, -0.1) is 0 Å². The predicted octanol–water partition coefficient (Wildman–Crippen LogP) is 2.84. The number of hydrogen-bond donors (Lipinski definition) is 1. The van der Waals surface area contributed by atoms with Crippen LogP contribution in [0.1, 0.15) is 43.3 Å². The number of rotatable bonds is 5. The number of fused-ring (bicyclic) bond motifs is 2. The first-order chi connectivity index (χ1) is 13.5. The molecule has 5 atom stereocenters. The number of hydrogen-bond acceptors (Lipinski definition) is 5. The number of benzene rings is 1. The van der Waals surface area contributed by atoms with Crippen LogP contribution < -0.4 is 11.0 Å². The van der Waals surface area contributed by atoms with Crippen molar-refractivity contribution in [1.29, 1.82) is 0 Å². The maximum absolute atomic E-state index is 12.7. The van der Waals surface area contributed by atoms with Crippen molar-refractivity contribution in [2.45, 2.75) is 44.6 Å². The highest BCUT2D eigenvalue weighted by Gasteiger charge is 2.63. The van der Waals surface area contributed by atoms with Gasteiger partial charge in [-0.2, -0.15) is 4.98 Å². The molecule has 148 valence electrons. The molecule has 1 saturated carbocycles. The average Bonchev–Trinajstić information content (AvgIpc) is 3.17. The van der Waals surface area contributed by atoms with Crippen LogP contribution in [0.2, 0.25) is 0 Å². The minimum absolute atomic E-state index is 0.0399. The molecule has 2 bridgehead atoms. The number of anilines is 1. The molecule has 1 amide bonds. The first kappa shape index (κ1) is 18.8. The van der Waals surface area contributed by atoms with E-state index >= 15 is 0 Å². The summed E-state index contributed by atoms with van der Waals surface area (Å²) in [5.74, 6) is 0.390. The fraction of sp³-hybridized carbons (Fsp3) is 0.476. The van der Waals surface area contributed by atoms with Crippen LogP contribution in [0.5, 0.6) is 0 Å². The number of nitrogens with one attached hydrogen (secondary N) is 1. The Morgan fingerprint density at radius 1 is 1.36 bits per heavy atom. The van der Waals surface area contributed by atoms with Gasteiger partial charge in [0.1, 0.15) is 12.0 Å². The van der Waals surface area contributed by atoms with E-state index in [1.54, 1.807) is 43.6 Å². The van der Waals surface area contributed by atoms with Gasteiger partial charge < -0.3 is 14.8 Å². The Morgan fingerprint density at radius 3 is 2.71 bits per heavy atom. The Morgan fingerprint density at radius 2 is 2.11 bits per heavy atom. The third-order valence-corrected chi connectivity index (χ3v) is 6.11. The maximum atomic E-state index is 12.7. The number of aromatic nitrogens is 2. The Labute approximate surface area is 163 Å². The van der Waals surface area contributed by atoms with Gasteiger partial charge in [0, 0.05) is 24.8 Å². The zero-order valence-corrected chi connectivity index (χ0v) is 16.3. The molecule has 1 aromatic carbocycles. The van der Waals surface area contributed by atoms with E-state index in [0.717, 1.165) is 12.8 Å². The lowest BCUT2D eigenvalue weighted by Crippen LogP contribution is -2.38. The lowest BCUT2D eigenvalue weighted by atomic mass is 9.94. The minimum Gasteiger partial charge on any atom is -0.378 e. The summed E-state index contributed by atoms with van der Waals surface area (Å²) >= 11 is 0. The van der Waals surface area contributed by atoms with E-state index in [1.807, 2.05) is 6.07 Å². The lowest BCUT2D eigenvalue weighted by molar-refractivity contribution is -0.134. The number of carbonyl (C=O) groups is 1. The predicted molar refractivity (Wildman–Crippen MR) is 104 cm³/mol. The number of methoxy groups -OCH3 is 1. The highest BCUT2D eigenvalue weighted by molar-refractivity contribution is 6.03. The van der Waals surface area contributed by atoms with Gasteiger partial charge in [0.25, 0.3) is 5.91 Å². The smallest absolute Gasteiger partial charge is 0.351 e. The monoisotopic (exact) mass is 383 g/mol. The van der Waals surface area contributed by atoms with Crippen molar-refractivity contribution < 1.29 is 14.3 Å². The van der Waals surface area contributed by atoms with Crippen LogP contribution in [0.3, 0.4) is 0 Å². The zero-order chi connectivity index (χ0) is 19.9. The lowest BCUT2D eigenvalue weighted by Gasteiger charge is -2.33. The highest BCUT2D eigenvalue weighted by atomic mass is 16.6. The normalized spacial score (nSPS) is 31.1. The van der Waals surface area contributed by atoms with E-state index in [0.29, 0.717) is 11.5 Å². The van der Waals surface area contributed by atoms with E-state index in [4.69, 9.17) is 9.47 Å². The number of ether oxygens (including phenoxy) is 2. The topological polar surface area (TPSA) is 82.5 Å². The molecule has 2 fully saturated rings. The van der Waals surface area contributed by atoms with Crippen LogP contribution in [0.25, 0.3) is 0 Å².